The van der Waals surface area contributed by atoms with Gasteiger partial charge in [-0.3, -0.25) is 4.79 Å². The first-order valence-electron chi connectivity index (χ1n) is 5.81. The second-order valence-corrected chi connectivity index (χ2v) is 4.13. The maximum atomic E-state index is 13.1. The number of benzene rings is 2. The number of aryl methyl sites for hydroxylation is 1. The van der Waals surface area contributed by atoms with E-state index in [1.54, 1.807) is 24.3 Å². The summed E-state index contributed by atoms with van der Waals surface area (Å²) in [6.45, 7) is 1.97. The molecule has 0 bridgehead atoms. The number of hydrogen-bond donors (Lipinski definition) is 0. The summed E-state index contributed by atoms with van der Waals surface area (Å²) in [7, 11) is 0. The number of halogens is 3. The zero-order valence-corrected chi connectivity index (χ0v) is 10.2. The fraction of sp³-hybridized carbons (Fsp3) is 0.133. The van der Waals surface area contributed by atoms with Gasteiger partial charge >= 0.3 is 0 Å². The highest BCUT2D eigenvalue weighted by molar-refractivity contribution is 6.09. The van der Waals surface area contributed by atoms with E-state index in [9.17, 15) is 18.0 Å². The Morgan fingerprint density at radius 2 is 1.47 bits per heavy atom. The van der Waals surface area contributed by atoms with Crippen LogP contribution in [0.5, 0.6) is 0 Å². The van der Waals surface area contributed by atoms with Gasteiger partial charge in [0.1, 0.15) is 0 Å². The molecular formula is C15H11F3O. The van der Waals surface area contributed by atoms with Gasteiger partial charge in [0, 0.05) is 11.1 Å². The lowest BCUT2D eigenvalue weighted by Crippen LogP contribution is -2.04. The summed E-state index contributed by atoms with van der Waals surface area (Å²) in [5.41, 5.74) is 1.15. The van der Waals surface area contributed by atoms with E-state index in [-0.39, 0.29) is 5.56 Å². The van der Waals surface area contributed by atoms with E-state index in [1.807, 2.05) is 6.92 Å². The predicted molar refractivity (Wildman–Crippen MR) is 65.6 cm³/mol. The Morgan fingerprint density at radius 1 is 0.947 bits per heavy atom. The lowest BCUT2D eigenvalue weighted by atomic mass is 10.0. The van der Waals surface area contributed by atoms with Crippen molar-refractivity contribution in [2.75, 3.05) is 0 Å². The summed E-state index contributed by atoms with van der Waals surface area (Å²) in [4.78, 5) is 12.0. The second-order valence-electron chi connectivity index (χ2n) is 4.13. The summed E-state index contributed by atoms with van der Waals surface area (Å²) < 4.78 is 38.9. The molecule has 19 heavy (non-hydrogen) atoms. The normalized spacial score (nSPS) is 10.5. The molecule has 2 rings (SSSR count). The number of carbonyl (C=O) groups is 1. The van der Waals surface area contributed by atoms with Crippen molar-refractivity contribution in [1.82, 2.24) is 0 Å². The highest BCUT2D eigenvalue weighted by atomic mass is 19.2. The molecule has 0 saturated heterocycles. The molecule has 0 atom stereocenters. The van der Waals surface area contributed by atoms with Crippen LogP contribution in [-0.2, 0) is 6.42 Å². The lowest BCUT2D eigenvalue weighted by Gasteiger charge is -2.04. The summed E-state index contributed by atoms with van der Waals surface area (Å²) in [6.07, 6.45) is 0.828. The van der Waals surface area contributed by atoms with Crippen LogP contribution in [0, 0.1) is 17.5 Å². The van der Waals surface area contributed by atoms with Crippen LogP contribution in [-0.4, -0.2) is 5.78 Å². The number of hydrogen-bond acceptors (Lipinski definition) is 1. The van der Waals surface area contributed by atoms with Gasteiger partial charge in [0.25, 0.3) is 0 Å². The van der Waals surface area contributed by atoms with Crippen molar-refractivity contribution in [3.8, 4) is 0 Å². The summed E-state index contributed by atoms with van der Waals surface area (Å²) >= 11 is 0. The van der Waals surface area contributed by atoms with Crippen LogP contribution in [0.25, 0.3) is 0 Å². The molecule has 2 aromatic rings. The summed E-state index contributed by atoms with van der Waals surface area (Å²) in [6, 6.07) is 8.11. The van der Waals surface area contributed by atoms with Crippen LogP contribution in [0.3, 0.4) is 0 Å². The zero-order chi connectivity index (χ0) is 14.0. The first-order chi connectivity index (χ1) is 9.02. The Balaban J connectivity index is 2.38. The van der Waals surface area contributed by atoms with Crippen molar-refractivity contribution in [2.45, 2.75) is 13.3 Å². The van der Waals surface area contributed by atoms with Crippen LogP contribution in [0.15, 0.2) is 36.4 Å². The van der Waals surface area contributed by atoms with E-state index < -0.39 is 23.2 Å². The molecule has 0 aliphatic heterocycles. The van der Waals surface area contributed by atoms with E-state index in [2.05, 4.69) is 0 Å². The standard InChI is InChI=1S/C15H11F3O/c1-2-9-3-5-10(6-4-9)15(19)11-7-12(16)14(18)13(17)8-11/h3-8H,2H2,1H3. The zero-order valence-electron chi connectivity index (χ0n) is 10.2. The Labute approximate surface area is 108 Å². The predicted octanol–water partition coefficient (Wildman–Crippen LogP) is 3.90. The van der Waals surface area contributed by atoms with Crippen molar-refractivity contribution < 1.29 is 18.0 Å². The molecular weight excluding hydrogens is 253 g/mol. The Morgan fingerprint density at radius 3 is 1.95 bits per heavy atom. The minimum absolute atomic E-state index is 0.208. The summed E-state index contributed by atoms with van der Waals surface area (Å²) in [5, 5.41) is 0. The number of carbonyl (C=O) groups excluding carboxylic acids is 1. The molecule has 98 valence electrons. The fourth-order valence-electron chi connectivity index (χ4n) is 1.75. The fourth-order valence-corrected chi connectivity index (χ4v) is 1.75. The van der Waals surface area contributed by atoms with Crippen molar-refractivity contribution in [3.63, 3.8) is 0 Å². The molecule has 0 unspecified atom stereocenters. The maximum Gasteiger partial charge on any atom is 0.194 e. The van der Waals surface area contributed by atoms with Crippen LogP contribution in [0.4, 0.5) is 13.2 Å². The van der Waals surface area contributed by atoms with Crippen molar-refractivity contribution in [3.05, 3.63) is 70.5 Å². The topological polar surface area (TPSA) is 17.1 Å². The van der Waals surface area contributed by atoms with Crippen molar-refractivity contribution >= 4 is 5.78 Å². The van der Waals surface area contributed by atoms with Crippen LogP contribution in [0.2, 0.25) is 0 Å². The quantitative estimate of drug-likeness (QED) is 0.607. The molecule has 1 nitrogen and oxygen atoms in total. The van der Waals surface area contributed by atoms with Gasteiger partial charge in [-0.25, -0.2) is 13.2 Å². The van der Waals surface area contributed by atoms with Gasteiger partial charge < -0.3 is 0 Å². The Hall–Kier alpha value is -2.10. The van der Waals surface area contributed by atoms with E-state index in [4.69, 9.17) is 0 Å². The first-order valence-corrected chi connectivity index (χ1v) is 5.81. The molecule has 0 saturated carbocycles. The average Bonchev–Trinajstić information content (AvgIpc) is 2.43. The van der Waals surface area contributed by atoms with Crippen LogP contribution >= 0.6 is 0 Å². The molecule has 0 radical (unpaired) electrons. The molecule has 2 aromatic carbocycles. The minimum Gasteiger partial charge on any atom is -0.289 e. The van der Waals surface area contributed by atoms with Gasteiger partial charge in [-0.05, 0) is 24.1 Å². The first kappa shape index (κ1) is 13.3. The lowest BCUT2D eigenvalue weighted by molar-refractivity contribution is 0.103. The molecule has 0 aliphatic carbocycles. The molecule has 4 heteroatoms. The third-order valence-electron chi connectivity index (χ3n) is 2.87. The molecule has 0 amide bonds. The van der Waals surface area contributed by atoms with Gasteiger partial charge in [0.05, 0.1) is 0 Å². The monoisotopic (exact) mass is 264 g/mol. The number of ketones is 1. The van der Waals surface area contributed by atoms with Crippen molar-refractivity contribution in [1.29, 1.82) is 0 Å². The summed E-state index contributed by atoms with van der Waals surface area (Å²) in [5.74, 6) is -4.85. The molecule has 0 aromatic heterocycles. The minimum atomic E-state index is -1.57. The van der Waals surface area contributed by atoms with Gasteiger partial charge in [-0.1, -0.05) is 31.2 Å². The van der Waals surface area contributed by atoms with Gasteiger partial charge in [-0.2, -0.15) is 0 Å². The van der Waals surface area contributed by atoms with E-state index >= 15 is 0 Å². The Kier molecular flexibility index (Phi) is 3.69. The smallest absolute Gasteiger partial charge is 0.194 e. The van der Waals surface area contributed by atoms with E-state index in [0.717, 1.165) is 12.0 Å². The highest BCUT2D eigenvalue weighted by Gasteiger charge is 2.16. The second kappa shape index (κ2) is 5.26. The molecule has 0 N–H and O–H groups in total. The van der Waals surface area contributed by atoms with Gasteiger partial charge in [0.15, 0.2) is 23.2 Å². The third-order valence-corrected chi connectivity index (χ3v) is 2.87. The molecule has 0 aliphatic rings. The largest absolute Gasteiger partial charge is 0.289 e. The van der Waals surface area contributed by atoms with Crippen molar-refractivity contribution in [2.24, 2.45) is 0 Å². The third kappa shape index (κ3) is 2.67. The SMILES string of the molecule is CCc1ccc(C(=O)c2cc(F)c(F)c(F)c2)cc1. The average molecular weight is 264 g/mol. The number of rotatable bonds is 3. The molecule has 0 fully saturated rings. The highest BCUT2D eigenvalue weighted by Crippen LogP contribution is 2.17. The molecule has 0 spiro atoms. The maximum absolute atomic E-state index is 13.1. The van der Waals surface area contributed by atoms with Crippen LogP contribution < -0.4 is 0 Å². The van der Waals surface area contributed by atoms with Crippen LogP contribution in [0.1, 0.15) is 28.4 Å². The van der Waals surface area contributed by atoms with Gasteiger partial charge in [-0.15, -0.1) is 0 Å². The van der Waals surface area contributed by atoms with E-state index in [1.165, 1.54) is 0 Å². The van der Waals surface area contributed by atoms with Gasteiger partial charge in [0.2, 0.25) is 0 Å². The molecule has 0 heterocycles. The van der Waals surface area contributed by atoms with E-state index in [0.29, 0.717) is 17.7 Å². The Bertz CT molecular complexity index is 595.